The molecule has 76 valence electrons. The largest absolute Gasteiger partial charge is 0.274 e. The summed E-state index contributed by atoms with van der Waals surface area (Å²) in [6.07, 6.45) is 2.66. The fraction of sp³-hybridized carbons (Fsp3) is 0.400. The second kappa shape index (κ2) is 5.07. The molecule has 2 rings (SSSR count). The van der Waals surface area contributed by atoms with E-state index in [1.165, 1.54) is 42.8 Å². The molecule has 0 spiro atoms. The van der Waals surface area contributed by atoms with Gasteiger partial charge in [-0.1, -0.05) is 6.07 Å². The first-order valence-corrected chi connectivity index (χ1v) is 6.43. The van der Waals surface area contributed by atoms with Gasteiger partial charge in [-0.25, -0.2) is 4.31 Å². The molecule has 4 heteroatoms. The smallest absolute Gasteiger partial charge is 0.0241 e. The summed E-state index contributed by atoms with van der Waals surface area (Å²) >= 11 is 3.15. The molecule has 2 nitrogen and oxygen atoms in total. The Bertz CT molecular complexity index is 298. The van der Waals surface area contributed by atoms with Crippen LogP contribution in [0.15, 0.2) is 34.1 Å². The number of hydrogen-bond acceptors (Lipinski definition) is 4. The third-order valence-corrected chi connectivity index (χ3v) is 3.86. The average Bonchev–Trinajstić information content (AvgIpc) is 2.71. The summed E-state index contributed by atoms with van der Waals surface area (Å²) in [7, 11) is 0. The highest BCUT2D eigenvalue weighted by molar-refractivity contribution is 7.97. The van der Waals surface area contributed by atoms with E-state index in [2.05, 4.69) is 22.5 Å². The molecule has 1 fully saturated rings. The van der Waals surface area contributed by atoms with Crippen molar-refractivity contribution in [3.63, 3.8) is 0 Å². The molecule has 1 saturated heterocycles. The van der Waals surface area contributed by atoms with Gasteiger partial charge in [-0.3, -0.25) is 5.14 Å². The topological polar surface area (TPSA) is 29.3 Å². The molecule has 2 N–H and O–H groups in total. The van der Waals surface area contributed by atoms with Crippen LogP contribution >= 0.6 is 23.9 Å². The van der Waals surface area contributed by atoms with Crippen molar-refractivity contribution in [3.8, 4) is 0 Å². The molecule has 0 unspecified atom stereocenters. The molecule has 0 saturated carbocycles. The lowest BCUT2D eigenvalue weighted by Crippen LogP contribution is -2.08. The Kier molecular flexibility index (Phi) is 3.75. The molecule has 1 heterocycles. The first-order valence-electron chi connectivity index (χ1n) is 4.78. The molecule has 0 amide bonds. The molecule has 1 aromatic carbocycles. The van der Waals surface area contributed by atoms with Crippen LogP contribution in [-0.2, 0) is 0 Å². The molecule has 1 aliphatic heterocycles. The van der Waals surface area contributed by atoms with Gasteiger partial charge in [-0.05, 0) is 54.9 Å². The van der Waals surface area contributed by atoms with Gasteiger partial charge in [0.2, 0.25) is 0 Å². The standard InChI is InChI=1S/C10H14N2S2/c11-13-9-4-3-5-10(8-9)14-12-6-1-2-7-12/h3-5,8H,1-2,6-7,11H2. The second-order valence-corrected chi connectivity index (χ2v) is 5.20. The van der Waals surface area contributed by atoms with Crippen LogP contribution in [0.25, 0.3) is 0 Å². The summed E-state index contributed by atoms with van der Waals surface area (Å²) in [4.78, 5) is 2.43. The highest BCUT2D eigenvalue weighted by Gasteiger charge is 2.12. The van der Waals surface area contributed by atoms with Crippen LogP contribution in [0.2, 0.25) is 0 Å². The van der Waals surface area contributed by atoms with Gasteiger partial charge in [-0.2, -0.15) is 0 Å². The molecule has 1 aromatic rings. The van der Waals surface area contributed by atoms with Crippen LogP contribution in [0.3, 0.4) is 0 Å². The monoisotopic (exact) mass is 226 g/mol. The highest BCUT2D eigenvalue weighted by Crippen LogP contribution is 2.28. The normalized spacial score (nSPS) is 17.5. The van der Waals surface area contributed by atoms with E-state index in [4.69, 9.17) is 5.14 Å². The Morgan fingerprint density at radius 1 is 1.14 bits per heavy atom. The summed E-state index contributed by atoms with van der Waals surface area (Å²) in [6.45, 7) is 2.43. The van der Waals surface area contributed by atoms with Crippen molar-refractivity contribution in [3.05, 3.63) is 24.3 Å². The maximum Gasteiger partial charge on any atom is 0.0241 e. The van der Waals surface area contributed by atoms with E-state index in [-0.39, 0.29) is 0 Å². The number of nitrogens with two attached hydrogens (primary N) is 1. The summed E-state index contributed by atoms with van der Waals surface area (Å²) in [5.74, 6) is 0. The molecule has 0 radical (unpaired) electrons. The van der Waals surface area contributed by atoms with Crippen molar-refractivity contribution in [1.82, 2.24) is 4.31 Å². The lowest BCUT2D eigenvalue weighted by molar-refractivity contribution is 0.586. The van der Waals surface area contributed by atoms with Crippen LogP contribution in [0, 0.1) is 0 Å². The molecule has 0 aromatic heterocycles. The summed E-state index contributed by atoms with van der Waals surface area (Å²) in [6, 6.07) is 8.39. The van der Waals surface area contributed by atoms with Crippen LogP contribution in [0.5, 0.6) is 0 Å². The highest BCUT2D eigenvalue weighted by atomic mass is 32.2. The number of nitrogens with zero attached hydrogens (tertiary/aromatic N) is 1. The zero-order valence-corrected chi connectivity index (χ0v) is 9.61. The quantitative estimate of drug-likeness (QED) is 0.803. The Morgan fingerprint density at radius 3 is 2.57 bits per heavy atom. The minimum Gasteiger partial charge on any atom is -0.274 e. The van der Waals surface area contributed by atoms with Crippen molar-refractivity contribution in [1.29, 1.82) is 0 Å². The van der Waals surface area contributed by atoms with E-state index < -0.39 is 0 Å². The Balaban J connectivity index is 2.00. The fourth-order valence-corrected chi connectivity index (χ4v) is 3.02. The third-order valence-electron chi connectivity index (χ3n) is 2.24. The van der Waals surface area contributed by atoms with Crippen LogP contribution in [0.1, 0.15) is 12.8 Å². The van der Waals surface area contributed by atoms with Crippen molar-refractivity contribution >= 4 is 23.9 Å². The van der Waals surface area contributed by atoms with Crippen LogP contribution in [0.4, 0.5) is 0 Å². The molecule has 1 aliphatic rings. The lowest BCUT2D eigenvalue weighted by atomic mass is 10.4. The van der Waals surface area contributed by atoms with Gasteiger partial charge in [0, 0.05) is 22.9 Å². The molecule has 0 aliphatic carbocycles. The summed E-state index contributed by atoms with van der Waals surface area (Å²) in [5, 5.41) is 5.52. The van der Waals surface area contributed by atoms with Crippen molar-refractivity contribution in [2.45, 2.75) is 22.6 Å². The van der Waals surface area contributed by atoms with Crippen molar-refractivity contribution < 1.29 is 0 Å². The lowest BCUT2D eigenvalue weighted by Gasteiger charge is -2.13. The number of hydrogen-bond donors (Lipinski definition) is 1. The minimum atomic E-state index is 1.13. The zero-order chi connectivity index (χ0) is 9.80. The first-order chi connectivity index (χ1) is 6.88. The predicted octanol–water partition coefficient (Wildman–Crippen LogP) is 2.76. The molecule has 0 atom stereocenters. The van der Waals surface area contributed by atoms with E-state index >= 15 is 0 Å². The van der Waals surface area contributed by atoms with E-state index in [0.717, 1.165) is 4.90 Å². The van der Waals surface area contributed by atoms with E-state index in [1.54, 1.807) is 0 Å². The van der Waals surface area contributed by atoms with Gasteiger partial charge >= 0.3 is 0 Å². The van der Waals surface area contributed by atoms with Crippen molar-refractivity contribution in [2.24, 2.45) is 5.14 Å². The van der Waals surface area contributed by atoms with E-state index in [1.807, 2.05) is 18.0 Å². The second-order valence-electron chi connectivity index (χ2n) is 3.32. The molecule has 14 heavy (non-hydrogen) atoms. The minimum absolute atomic E-state index is 1.13. The van der Waals surface area contributed by atoms with Crippen LogP contribution in [-0.4, -0.2) is 17.4 Å². The predicted molar refractivity (Wildman–Crippen MR) is 63.2 cm³/mol. The van der Waals surface area contributed by atoms with Gasteiger partial charge < -0.3 is 0 Å². The summed E-state index contributed by atoms with van der Waals surface area (Å²) < 4.78 is 2.42. The maximum absolute atomic E-state index is 5.52. The van der Waals surface area contributed by atoms with E-state index in [9.17, 15) is 0 Å². The van der Waals surface area contributed by atoms with Gasteiger partial charge in [-0.15, -0.1) is 0 Å². The Morgan fingerprint density at radius 2 is 1.86 bits per heavy atom. The van der Waals surface area contributed by atoms with Crippen molar-refractivity contribution in [2.75, 3.05) is 13.1 Å². The van der Waals surface area contributed by atoms with Gasteiger partial charge in [0.1, 0.15) is 0 Å². The number of rotatable bonds is 3. The third kappa shape index (κ3) is 2.67. The van der Waals surface area contributed by atoms with Gasteiger partial charge in [0.25, 0.3) is 0 Å². The molecular weight excluding hydrogens is 212 g/mol. The van der Waals surface area contributed by atoms with Gasteiger partial charge in [0.15, 0.2) is 0 Å². The molecular formula is C10H14N2S2. The maximum atomic E-state index is 5.52. The first kappa shape index (κ1) is 10.4. The molecule has 0 bridgehead atoms. The zero-order valence-electron chi connectivity index (χ0n) is 7.98. The number of benzene rings is 1. The fourth-order valence-electron chi connectivity index (χ4n) is 1.53. The SMILES string of the molecule is NSc1cccc(SN2CCCC2)c1. The van der Waals surface area contributed by atoms with Crippen LogP contribution < -0.4 is 5.14 Å². The van der Waals surface area contributed by atoms with E-state index in [0.29, 0.717) is 0 Å². The Hall–Kier alpha value is -0.160. The van der Waals surface area contributed by atoms with Gasteiger partial charge in [0.05, 0.1) is 0 Å². The average molecular weight is 226 g/mol. The Labute approximate surface area is 93.5 Å². The summed E-state index contributed by atoms with van der Waals surface area (Å²) in [5.41, 5.74) is 0.